The standard InChI is InChI=1S/C12H13N7S/c1-6(2)7-9(13)15-4-18-11(7)20-12-8-10(16-3-14-8)17-5-19-12/h3-6H,1-2H3,(H2,13,15,18)(H,14,16,17,19). The van der Waals surface area contributed by atoms with Crippen molar-refractivity contribution in [1.29, 1.82) is 0 Å². The fourth-order valence-corrected chi connectivity index (χ4v) is 3.01. The van der Waals surface area contributed by atoms with E-state index >= 15 is 0 Å². The molecule has 0 unspecified atom stereocenters. The SMILES string of the molecule is CC(C)c1c(N)ncnc1Sc1ncnc2nc[nH]c12. The van der Waals surface area contributed by atoms with Crippen LogP contribution >= 0.6 is 11.8 Å². The number of nitrogen functional groups attached to an aromatic ring is 1. The number of imidazole rings is 1. The highest BCUT2D eigenvalue weighted by molar-refractivity contribution is 7.99. The summed E-state index contributed by atoms with van der Waals surface area (Å²) in [6.07, 6.45) is 4.56. The summed E-state index contributed by atoms with van der Waals surface area (Å²) in [5.41, 5.74) is 8.32. The molecule has 20 heavy (non-hydrogen) atoms. The first-order valence-electron chi connectivity index (χ1n) is 6.09. The number of anilines is 1. The number of H-pyrrole nitrogens is 1. The Morgan fingerprint density at radius 2 is 1.80 bits per heavy atom. The first kappa shape index (κ1) is 12.8. The molecule has 3 N–H and O–H groups in total. The Balaban J connectivity index is 2.08. The van der Waals surface area contributed by atoms with Gasteiger partial charge in [-0.15, -0.1) is 0 Å². The molecule has 0 bridgehead atoms. The molecule has 7 nitrogen and oxygen atoms in total. The third-order valence-corrected chi connectivity index (χ3v) is 3.86. The second-order valence-electron chi connectivity index (χ2n) is 4.51. The molecule has 8 heteroatoms. The van der Waals surface area contributed by atoms with Crippen molar-refractivity contribution >= 4 is 28.7 Å². The molecule has 0 saturated heterocycles. The molecule has 0 spiro atoms. The van der Waals surface area contributed by atoms with Gasteiger partial charge >= 0.3 is 0 Å². The molecule has 0 fully saturated rings. The number of nitrogens with two attached hydrogens (primary N) is 1. The molecule has 0 atom stereocenters. The van der Waals surface area contributed by atoms with Gasteiger partial charge in [0.15, 0.2) is 5.65 Å². The summed E-state index contributed by atoms with van der Waals surface area (Å²) in [7, 11) is 0. The summed E-state index contributed by atoms with van der Waals surface area (Å²) in [4.78, 5) is 23.9. The van der Waals surface area contributed by atoms with Crippen LogP contribution in [0.25, 0.3) is 11.2 Å². The Morgan fingerprint density at radius 1 is 1.05 bits per heavy atom. The van der Waals surface area contributed by atoms with E-state index in [1.165, 1.54) is 24.4 Å². The van der Waals surface area contributed by atoms with Crippen molar-refractivity contribution in [3.63, 3.8) is 0 Å². The highest BCUT2D eigenvalue weighted by atomic mass is 32.2. The summed E-state index contributed by atoms with van der Waals surface area (Å²) in [6, 6.07) is 0. The summed E-state index contributed by atoms with van der Waals surface area (Å²) in [6.45, 7) is 4.12. The minimum atomic E-state index is 0.234. The van der Waals surface area contributed by atoms with Crippen LogP contribution < -0.4 is 5.73 Å². The second kappa shape index (κ2) is 5.04. The Morgan fingerprint density at radius 3 is 2.60 bits per heavy atom. The maximum absolute atomic E-state index is 5.95. The monoisotopic (exact) mass is 287 g/mol. The molecule has 0 aromatic carbocycles. The van der Waals surface area contributed by atoms with E-state index in [-0.39, 0.29) is 5.92 Å². The van der Waals surface area contributed by atoms with E-state index < -0.39 is 0 Å². The fraction of sp³-hybridized carbons (Fsp3) is 0.250. The first-order valence-corrected chi connectivity index (χ1v) is 6.90. The van der Waals surface area contributed by atoms with E-state index in [2.05, 4.69) is 43.8 Å². The van der Waals surface area contributed by atoms with Crippen LogP contribution in [0.15, 0.2) is 29.0 Å². The lowest BCUT2D eigenvalue weighted by Gasteiger charge is -2.12. The lowest BCUT2D eigenvalue weighted by molar-refractivity contribution is 0.808. The van der Waals surface area contributed by atoms with Crippen molar-refractivity contribution in [1.82, 2.24) is 29.9 Å². The Bertz CT molecular complexity index is 752. The number of aromatic amines is 1. The molecule has 0 aliphatic heterocycles. The molecule has 0 saturated carbocycles. The quantitative estimate of drug-likeness (QED) is 0.709. The third kappa shape index (κ3) is 2.18. The molecule has 3 heterocycles. The minimum absolute atomic E-state index is 0.234. The van der Waals surface area contributed by atoms with Crippen LogP contribution in [-0.4, -0.2) is 29.9 Å². The fourth-order valence-electron chi connectivity index (χ4n) is 1.93. The van der Waals surface area contributed by atoms with Crippen molar-refractivity contribution in [2.45, 2.75) is 29.8 Å². The van der Waals surface area contributed by atoms with Gasteiger partial charge in [-0.05, 0) is 17.7 Å². The van der Waals surface area contributed by atoms with Crippen LogP contribution in [0.3, 0.4) is 0 Å². The van der Waals surface area contributed by atoms with Gasteiger partial charge in [0.25, 0.3) is 0 Å². The van der Waals surface area contributed by atoms with E-state index in [1.54, 1.807) is 6.33 Å². The Hall–Kier alpha value is -2.22. The number of nitrogens with one attached hydrogen (secondary N) is 1. The van der Waals surface area contributed by atoms with Crippen LogP contribution in [0.2, 0.25) is 0 Å². The van der Waals surface area contributed by atoms with Gasteiger partial charge in [-0.1, -0.05) is 13.8 Å². The van der Waals surface area contributed by atoms with Crippen molar-refractivity contribution in [3.05, 3.63) is 24.5 Å². The smallest absolute Gasteiger partial charge is 0.181 e. The van der Waals surface area contributed by atoms with Crippen LogP contribution in [0, 0.1) is 0 Å². The van der Waals surface area contributed by atoms with Gasteiger partial charge in [-0.2, -0.15) is 0 Å². The van der Waals surface area contributed by atoms with Gasteiger partial charge in [-0.25, -0.2) is 24.9 Å². The molecule has 0 radical (unpaired) electrons. The van der Waals surface area contributed by atoms with E-state index in [0.717, 1.165) is 21.1 Å². The lowest BCUT2D eigenvalue weighted by atomic mass is 10.1. The van der Waals surface area contributed by atoms with E-state index in [1.807, 2.05) is 0 Å². The van der Waals surface area contributed by atoms with E-state index in [9.17, 15) is 0 Å². The molecule has 3 aromatic rings. The zero-order valence-corrected chi connectivity index (χ0v) is 11.8. The summed E-state index contributed by atoms with van der Waals surface area (Å²) >= 11 is 1.44. The van der Waals surface area contributed by atoms with Gasteiger partial charge in [0.05, 0.1) is 6.33 Å². The maximum atomic E-state index is 5.95. The highest BCUT2D eigenvalue weighted by Gasteiger charge is 2.16. The Labute approximate surface area is 119 Å². The summed E-state index contributed by atoms with van der Waals surface area (Å²) in [5.74, 6) is 0.741. The molecule has 0 aliphatic carbocycles. The van der Waals surface area contributed by atoms with Crippen LogP contribution in [0.5, 0.6) is 0 Å². The average Bonchev–Trinajstić information content (AvgIpc) is 2.87. The Kier molecular flexibility index (Phi) is 3.23. The molecule has 3 aromatic heterocycles. The molecular formula is C12H13N7S. The number of rotatable bonds is 3. The molecule has 102 valence electrons. The van der Waals surface area contributed by atoms with Crippen LogP contribution in [0.1, 0.15) is 25.3 Å². The van der Waals surface area contributed by atoms with Gasteiger partial charge in [0.1, 0.15) is 34.0 Å². The van der Waals surface area contributed by atoms with Gasteiger partial charge in [0, 0.05) is 5.56 Å². The summed E-state index contributed by atoms with van der Waals surface area (Å²) in [5, 5.41) is 1.58. The topological polar surface area (TPSA) is 106 Å². The van der Waals surface area contributed by atoms with Gasteiger partial charge in [0.2, 0.25) is 0 Å². The zero-order chi connectivity index (χ0) is 14.1. The van der Waals surface area contributed by atoms with Crippen LogP contribution in [-0.2, 0) is 0 Å². The number of nitrogens with zero attached hydrogens (tertiary/aromatic N) is 5. The van der Waals surface area contributed by atoms with Crippen molar-refractivity contribution < 1.29 is 0 Å². The van der Waals surface area contributed by atoms with Crippen molar-refractivity contribution in [2.75, 3.05) is 5.73 Å². The average molecular weight is 287 g/mol. The normalized spacial score (nSPS) is 11.3. The number of hydrogen-bond acceptors (Lipinski definition) is 7. The number of hydrogen-bond donors (Lipinski definition) is 2. The molecular weight excluding hydrogens is 274 g/mol. The molecule has 0 aliphatic rings. The van der Waals surface area contributed by atoms with Crippen LogP contribution in [0.4, 0.5) is 5.82 Å². The van der Waals surface area contributed by atoms with Crippen molar-refractivity contribution in [3.8, 4) is 0 Å². The molecule has 3 rings (SSSR count). The second-order valence-corrected chi connectivity index (χ2v) is 5.49. The van der Waals surface area contributed by atoms with E-state index in [0.29, 0.717) is 11.5 Å². The van der Waals surface area contributed by atoms with Crippen molar-refractivity contribution in [2.24, 2.45) is 0 Å². The summed E-state index contributed by atoms with van der Waals surface area (Å²) < 4.78 is 0. The molecule has 0 amide bonds. The van der Waals surface area contributed by atoms with E-state index in [4.69, 9.17) is 5.73 Å². The predicted molar refractivity (Wildman–Crippen MR) is 76.3 cm³/mol. The largest absolute Gasteiger partial charge is 0.383 e. The number of fused-ring (bicyclic) bond motifs is 1. The predicted octanol–water partition coefficient (Wildman–Crippen LogP) is 2.00. The zero-order valence-electron chi connectivity index (χ0n) is 11.0. The lowest BCUT2D eigenvalue weighted by Crippen LogP contribution is -2.03. The highest BCUT2D eigenvalue weighted by Crippen LogP contribution is 2.35. The number of aromatic nitrogens is 6. The van der Waals surface area contributed by atoms with Gasteiger partial charge < -0.3 is 10.7 Å². The minimum Gasteiger partial charge on any atom is -0.383 e. The van der Waals surface area contributed by atoms with Gasteiger partial charge in [-0.3, -0.25) is 0 Å². The first-order chi connectivity index (χ1) is 9.66. The maximum Gasteiger partial charge on any atom is 0.181 e. The third-order valence-electron chi connectivity index (χ3n) is 2.84.